The van der Waals surface area contributed by atoms with E-state index in [0.29, 0.717) is 11.7 Å². The summed E-state index contributed by atoms with van der Waals surface area (Å²) >= 11 is 0. The molecule has 2 fully saturated rings. The number of anilines is 1. The first-order chi connectivity index (χ1) is 11.7. The predicted molar refractivity (Wildman–Crippen MR) is 93.8 cm³/mol. The number of carbonyl (C=O) groups excluding carboxylic acids is 2. The number of nitrogens with zero attached hydrogens (tertiary/aromatic N) is 1. The van der Waals surface area contributed by atoms with Crippen LogP contribution in [-0.2, 0) is 9.59 Å². The van der Waals surface area contributed by atoms with Crippen LogP contribution in [0.2, 0.25) is 0 Å². The molecule has 0 unspecified atom stereocenters. The molecular formula is C19H23N3O2. The van der Waals surface area contributed by atoms with Gasteiger partial charge in [0.15, 0.2) is 0 Å². The van der Waals surface area contributed by atoms with Crippen molar-refractivity contribution in [3.05, 3.63) is 30.5 Å². The lowest BCUT2D eigenvalue weighted by Gasteiger charge is -2.21. The maximum absolute atomic E-state index is 12.8. The average Bonchev–Trinajstić information content (AvgIpc) is 3.03. The van der Waals surface area contributed by atoms with Crippen LogP contribution in [0.25, 0.3) is 10.9 Å². The molecule has 2 aliphatic rings. The number of H-pyrrole nitrogens is 1. The van der Waals surface area contributed by atoms with Gasteiger partial charge in [-0.3, -0.25) is 9.59 Å². The summed E-state index contributed by atoms with van der Waals surface area (Å²) in [5.41, 5.74) is 1.60. The van der Waals surface area contributed by atoms with Crippen LogP contribution in [0.15, 0.2) is 30.5 Å². The molecule has 2 heterocycles. The summed E-state index contributed by atoms with van der Waals surface area (Å²) in [6.07, 6.45) is 9.30. The second kappa shape index (κ2) is 6.40. The number of amides is 2. The van der Waals surface area contributed by atoms with Crippen molar-refractivity contribution in [3.63, 3.8) is 0 Å². The van der Waals surface area contributed by atoms with Gasteiger partial charge in [-0.1, -0.05) is 31.7 Å². The van der Waals surface area contributed by atoms with Crippen LogP contribution in [0.5, 0.6) is 0 Å². The molecule has 5 heteroatoms. The highest BCUT2D eigenvalue weighted by Gasteiger charge is 2.40. The van der Waals surface area contributed by atoms with Gasteiger partial charge in [0.05, 0.1) is 18.2 Å². The number of imide groups is 1. The Morgan fingerprint density at radius 1 is 1.04 bits per heavy atom. The van der Waals surface area contributed by atoms with E-state index in [0.717, 1.165) is 23.7 Å². The van der Waals surface area contributed by atoms with Gasteiger partial charge in [-0.15, -0.1) is 0 Å². The largest absolute Gasteiger partial charge is 0.361 e. The highest BCUT2D eigenvalue weighted by atomic mass is 16.2. The van der Waals surface area contributed by atoms with E-state index in [1.54, 1.807) is 0 Å². The summed E-state index contributed by atoms with van der Waals surface area (Å²) in [5, 5.41) is 4.53. The van der Waals surface area contributed by atoms with Crippen LogP contribution in [0.3, 0.4) is 0 Å². The Labute approximate surface area is 141 Å². The number of fused-ring (bicyclic) bond motifs is 1. The zero-order valence-corrected chi connectivity index (χ0v) is 13.8. The lowest BCUT2D eigenvalue weighted by atomic mass is 10.1. The fourth-order valence-electron chi connectivity index (χ4n) is 3.94. The molecule has 126 valence electrons. The molecule has 1 saturated heterocycles. The first-order valence-electron chi connectivity index (χ1n) is 8.92. The molecule has 1 saturated carbocycles. The van der Waals surface area contributed by atoms with Crippen LogP contribution < -0.4 is 10.2 Å². The molecule has 2 aromatic rings. The number of benzene rings is 1. The quantitative estimate of drug-likeness (QED) is 0.673. The maximum atomic E-state index is 12.8. The van der Waals surface area contributed by atoms with Gasteiger partial charge in [0.25, 0.3) is 5.91 Å². The minimum atomic E-state index is -0.375. The van der Waals surface area contributed by atoms with Crippen molar-refractivity contribution in [2.45, 2.75) is 57.0 Å². The first-order valence-corrected chi connectivity index (χ1v) is 8.92. The number of aromatic nitrogens is 1. The number of carbonyl (C=O) groups is 2. The molecule has 1 atom stereocenters. The molecule has 0 bridgehead atoms. The Kier molecular flexibility index (Phi) is 4.10. The molecule has 1 aromatic heterocycles. The van der Waals surface area contributed by atoms with E-state index in [-0.39, 0.29) is 24.3 Å². The van der Waals surface area contributed by atoms with Crippen molar-refractivity contribution in [2.24, 2.45) is 0 Å². The third-order valence-corrected chi connectivity index (χ3v) is 5.24. The highest BCUT2D eigenvalue weighted by Crippen LogP contribution is 2.27. The van der Waals surface area contributed by atoms with Crippen LogP contribution in [0, 0.1) is 0 Å². The van der Waals surface area contributed by atoms with E-state index < -0.39 is 0 Å². The molecule has 5 nitrogen and oxygen atoms in total. The Morgan fingerprint density at radius 3 is 2.62 bits per heavy atom. The molecule has 2 N–H and O–H groups in total. The van der Waals surface area contributed by atoms with Crippen LogP contribution in [0.4, 0.5) is 5.69 Å². The second-order valence-corrected chi connectivity index (χ2v) is 6.93. The molecule has 0 radical (unpaired) electrons. The lowest BCUT2D eigenvalue weighted by Crippen LogP contribution is -2.43. The van der Waals surface area contributed by atoms with Gasteiger partial charge in [0, 0.05) is 17.8 Å². The normalized spacial score (nSPS) is 23.2. The lowest BCUT2D eigenvalue weighted by molar-refractivity contribution is -0.121. The van der Waals surface area contributed by atoms with Gasteiger partial charge in [-0.05, 0) is 36.4 Å². The molecule has 1 aliphatic carbocycles. The Bertz CT molecular complexity index is 759. The molecule has 24 heavy (non-hydrogen) atoms. The standard InChI is InChI=1S/C19H23N3O2/c23-18-12-17(21-14-5-3-1-2-4-6-14)19(24)22(18)15-8-7-13-9-10-20-16(13)11-15/h7-11,14,17,20-21H,1-6,12H2/t17-/m1/s1. The summed E-state index contributed by atoms with van der Waals surface area (Å²) < 4.78 is 0. The number of rotatable bonds is 3. The fraction of sp³-hybridized carbons (Fsp3) is 0.474. The van der Waals surface area contributed by atoms with Gasteiger partial charge < -0.3 is 10.3 Å². The highest BCUT2D eigenvalue weighted by molar-refractivity contribution is 6.22. The summed E-state index contributed by atoms with van der Waals surface area (Å²) in [6, 6.07) is 7.62. The van der Waals surface area contributed by atoms with E-state index in [9.17, 15) is 9.59 Å². The van der Waals surface area contributed by atoms with Crippen LogP contribution in [-0.4, -0.2) is 28.9 Å². The average molecular weight is 325 g/mol. The summed E-state index contributed by atoms with van der Waals surface area (Å²) in [5.74, 6) is -0.229. The molecule has 1 aliphatic heterocycles. The summed E-state index contributed by atoms with van der Waals surface area (Å²) in [7, 11) is 0. The SMILES string of the molecule is O=C1C[C@@H](NC2CCCCCC2)C(=O)N1c1ccc2cc[nH]c2c1. The number of hydrogen-bond acceptors (Lipinski definition) is 3. The van der Waals surface area contributed by atoms with E-state index in [1.807, 2.05) is 30.5 Å². The molecule has 1 aromatic carbocycles. The number of aromatic amines is 1. The first kappa shape index (κ1) is 15.4. The second-order valence-electron chi connectivity index (χ2n) is 6.93. The van der Waals surface area contributed by atoms with Gasteiger partial charge in [0.1, 0.15) is 0 Å². The smallest absolute Gasteiger partial charge is 0.251 e. The number of nitrogens with one attached hydrogen (secondary N) is 2. The Morgan fingerprint density at radius 2 is 1.83 bits per heavy atom. The zero-order valence-electron chi connectivity index (χ0n) is 13.8. The third-order valence-electron chi connectivity index (χ3n) is 5.24. The van der Waals surface area contributed by atoms with Gasteiger partial charge >= 0.3 is 0 Å². The third kappa shape index (κ3) is 2.84. The Balaban J connectivity index is 1.52. The maximum Gasteiger partial charge on any atom is 0.251 e. The van der Waals surface area contributed by atoms with E-state index in [4.69, 9.17) is 0 Å². The van der Waals surface area contributed by atoms with Crippen molar-refractivity contribution in [1.82, 2.24) is 10.3 Å². The van der Waals surface area contributed by atoms with E-state index in [1.165, 1.54) is 30.6 Å². The summed E-state index contributed by atoms with van der Waals surface area (Å²) in [4.78, 5) is 29.7. The Hall–Kier alpha value is -2.14. The van der Waals surface area contributed by atoms with Crippen LogP contribution >= 0.6 is 0 Å². The van der Waals surface area contributed by atoms with Crippen molar-refractivity contribution in [3.8, 4) is 0 Å². The topological polar surface area (TPSA) is 65.2 Å². The predicted octanol–water partition coefficient (Wildman–Crippen LogP) is 3.11. The van der Waals surface area contributed by atoms with Crippen molar-refractivity contribution in [2.75, 3.05) is 4.90 Å². The summed E-state index contributed by atoms with van der Waals surface area (Å²) in [6.45, 7) is 0. The molecular weight excluding hydrogens is 302 g/mol. The van der Waals surface area contributed by atoms with Gasteiger partial charge in [-0.2, -0.15) is 0 Å². The minimum Gasteiger partial charge on any atom is -0.361 e. The molecule has 4 rings (SSSR count). The molecule has 2 amide bonds. The van der Waals surface area contributed by atoms with Crippen molar-refractivity contribution >= 4 is 28.4 Å². The number of hydrogen-bond donors (Lipinski definition) is 2. The van der Waals surface area contributed by atoms with Crippen molar-refractivity contribution < 1.29 is 9.59 Å². The van der Waals surface area contributed by atoms with Crippen molar-refractivity contribution in [1.29, 1.82) is 0 Å². The van der Waals surface area contributed by atoms with Gasteiger partial charge in [0.2, 0.25) is 5.91 Å². The fourth-order valence-corrected chi connectivity index (χ4v) is 3.94. The molecule has 0 spiro atoms. The minimum absolute atomic E-state index is 0.114. The zero-order chi connectivity index (χ0) is 16.5. The van der Waals surface area contributed by atoms with Crippen LogP contribution in [0.1, 0.15) is 44.9 Å². The van der Waals surface area contributed by atoms with Gasteiger partial charge in [-0.25, -0.2) is 4.90 Å². The van der Waals surface area contributed by atoms with E-state index in [2.05, 4.69) is 10.3 Å². The monoisotopic (exact) mass is 325 g/mol. The van der Waals surface area contributed by atoms with E-state index >= 15 is 0 Å².